The molecule has 10 heterocycles. The Labute approximate surface area is 528 Å². The maximum absolute atomic E-state index is 15.0. The van der Waals surface area contributed by atoms with E-state index in [0.717, 1.165) is 42.5 Å². The minimum atomic E-state index is -2.99. The van der Waals surface area contributed by atoms with Gasteiger partial charge in [0.25, 0.3) is 17.7 Å². The fraction of sp³-hybridized carbons (Fsp3) is 0.356. The smallest absolute Gasteiger partial charge is 0.387 e. The van der Waals surface area contributed by atoms with Crippen LogP contribution in [0.5, 0.6) is 11.5 Å². The van der Waals surface area contributed by atoms with Gasteiger partial charge >= 0.3 is 13.2 Å². The maximum atomic E-state index is 15.0. The number of nitrogens with zero attached hydrogens (tertiary/aromatic N) is 7. The molecule has 0 bridgehead atoms. The van der Waals surface area contributed by atoms with Gasteiger partial charge in [0.05, 0.1) is 50.6 Å². The number of halogens is 6. The number of benzene rings is 2. The van der Waals surface area contributed by atoms with Crippen LogP contribution in [0.4, 0.5) is 49.1 Å². The van der Waals surface area contributed by atoms with Crippen LogP contribution in [-0.2, 0) is 30.8 Å². The van der Waals surface area contributed by atoms with Gasteiger partial charge in [-0.2, -0.15) is 17.6 Å². The number of nitrogens with two attached hydrogens (primary N) is 3. The molecule has 6 aliphatic heterocycles. The highest BCUT2D eigenvalue weighted by atomic mass is 32.2. The van der Waals surface area contributed by atoms with Crippen LogP contribution in [0.25, 0.3) is 4.85 Å². The van der Waals surface area contributed by atoms with Gasteiger partial charge in [0.2, 0.25) is 5.69 Å². The number of nitrogens with one attached hydrogen (secondary N) is 3. The summed E-state index contributed by atoms with van der Waals surface area (Å²) in [6.45, 7) is 5.13. The standard InChI is InChI=1S/C21H21F3N4O3S.C20H19F3N4O3S.C18H17N5O2S2/c1-11-6-12-9-32-20(25)28-21(12,10-30-11)15-7-13(2-4-16(15)22)27-18(29)17-5-3-14(8-26-17)31-19(23)24;21-15-3-1-12(26-17(28)16-4-2-13(8-25-16)30-18(22)23)7-14(15)20-10-29-6-5-11(20)9-31-19(24)27-20;1-20-12-2-3-14(21-7-12)16(24)22-13-6-15(26-9-13)18-10-25-5-4-11(18)8-27-17(19)23-18/h2-5,7-8,11-12,19H,6,9-10H2,1H3,(H2,25,28)(H,27,29);1-4,7-8,11,18H,5-6,9-10H2,(H2,24,27)(H,26,28);2-3,6-7,9,11H,4-5,8,10H2,(H2,19,23)(H,22,24)/t11-,12-,21-;11-,20-;11-,18-/m000/s1. The number of carbonyl (C=O) groups is 3. The lowest BCUT2D eigenvalue weighted by Gasteiger charge is -2.45. The van der Waals surface area contributed by atoms with E-state index in [-0.39, 0.29) is 65.6 Å². The number of pyridine rings is 3. The average molecular weight is 1320 g/mol. The minimum absolute atomic E-state index is 0.0131. The second-order valence-electron chi connectivity index (χ2n) is 21.2. The number of aromatic nitrogens is 3. The lowest BCUT2D eigenvalue weighted by atomic mass is 9.75. The minimum Gasteiger partial charge on any atom is -0.433 e. The molecule has 7 atom stereocenters. The molecule has 31 heteroatoms. The SMILES string of the molecule is C[C@H]1C[C@H]2CSC(N)=N[C@@]2(c2cc(NC(=O)c3ccc(OC(F)F)cn3)ccc2F)CO1.NC1=N[C@@]2(c3cc(NC(=O)c4ccc(OC(F)F)cn4)ccc3F)COCC[C@H]2CS1.[C-]#[N+]c1ccc(C(=O)Nc2csc([C@]34COCC[C@H]3CSC(N)=N4)c2)nc1. The van der Waals surface area contributed by atoms with Crippen LogP contribution in [0.3, 0.4) is 0 Å². The van der Waals surface area contributed by atoms with E-state index in [1.165, 1.54) is 90.4 Å². The third kappa shape index (κ3) is 14.9. The highest BCUT2D eigenvalue weighted by molar-refractivity contribution is 8.14. The van der Waals surface area contributed by atoms with Gasteiger partial charge in [-0.05, 0) is 99.0 Å². The van der Waals surface area contributed by atoms with Crippen molar-refractivity contribution in [3.8, 4) is 11.5 Å². The first-order chi connectivity index (χ1) is 43.2. The maximum Gasteiger partial charge on any atom is 0.387 e. The Kier molecular flexibility index (Phi) is 20.5. The van der Waals surface area contributed by atoms with Gasteiger partial charge in [-0.3, -0.25) is 19.4 Å². The molecule has 12 rings (SSSR count). The summed E-state index contributed by atoms with van der Waals surface area (Å²) in [5, 5.41) is 11.4. The quantitative estimate of drug-likeness (QED) is 0.0463. The van der Waals surface area contributed by atoms with Crippen molar-refractivity contribution in [3.63, 3.8) is 0 Å². The number of alkyl halides is 4. The summed E-state index contributed by atoms with van der Waals surface area (Å²) in [5.41, 5.74) is 18.2. The number of ether oxygens (including phenoxy) is 5. The molecule has 4 aromatic heterocycles. The summed E-state index contributed by atoms with van der Waals surface area (Å²) < 4.78 is 105. The van der Waals surface area contributed by atoms with Crippen molar-refractivity contribution in [3.05, 3.63) is 159 Å². The van der Waals surface area contributed by atoms with E-state index in [0.29, 0.717) is 86.4 Å². The second-order valence-corrected chi connectivity index (χ2v) is 25.2. The Hall–Kier alpha value is -7.99. The molecule has 0 spiro atoms. The van der Waals surface area contributed by atoms with Crippen molar-refractivity contribution in [1.82, 2.24) is 15.0 Å². The number of thioether (sulfide) groups is 3. The van der Waals surface area contributed by atoms with Crippen molar-refractivity contribution in [2.24, 2.45) is 49.9 Å². The summed E-state index contributed by atoms with van der Waals surface area (Å²) in [7, 11) is 0. The lowest BCUT2D eigenvalue weighted by Crippen LogP contribution is -2.50. The van der Waals surface area contributed by atoms with Gasteiger partial charge in [-0.15, -0.1) is 11.3 Å². The van der Waals surface area contributed by atoms with Crippen LogP contribution in [0.1, 0.15) is 73.7 Å². The van der Waals surface area contributed by atoms with Gasteiger partial charge < -0.3 is 56.8 Å². The van der Waals surface area contributed by atoms with Crippen LogP contribution >= 0.6 is 46.6 Å². The van der Waals surface area contributed by atoms with Crippen LogP contribution < -0.4 is 42.6 Å². The second kappa shape index (κ2) is 28.5. The summed E-state index contributed by atoms with van der Waals surface area (Å²) in [6.07, 6.45) is 5.84. The van der Waals surface area contributed by atoms with Gasteiger partial charge in [0.15, 0.2) is 15.5 Å². The number of aliphatic imine (C=N–C) groups is 3. The molecule has 472 valence electrons. The fourth-order valence-corrected chi connectivity index (χ4v) is 15.2. The van der Waals surface area contributed by atoms with E-state index in [1.807, 2.05) is 18.4 Å². The first-order valence-electron chi connectivity index (χ1n) is 27.7. The Balaban J connectivity index is 0.000000149. The Bertz CT molecular complexity index is 3740. The zero-order valence-electron chi connectivity index (χ0n) is 47.6. The van der Waals surface area contributed by atoms with Crippen molar-refractivity contribution in [2.45, 2.75) is 62.1 Å². The molecule has 0 radical (unpaired) electrons. The van der Waals surface area contributed by atoms with Crippen molar-refractivity contribution < 1.29 is 64.4 Å². The highest BCUT2D eigenvalue weighted by Gasteiger charge is 2.50. The van der Waals surface area contributed by atoms with Gasteiger partial charge in [0.1, 0.15) is 56.8 Å². The molecule has 2 aromatic carbocycles. The van der Waals surface area contributed by atoms with Crippen LogP contribution in [0, 0.1) is 36.0 Å². The zero-order valence-corrected chi connectivity index (χ0v) is 50.9. The number of amides is 3. The van der Waals surface area contributed by atoms with Crippen LogP contribution in [0.2, 0.25) is 0 Å². The summed E-state index contributed by atoms with van der Waals surface area (Å²) in [6, 6.07) is 18.4. The van der Waals surface area contributed by atoms with E-state index in [9.17, 15) is 40.7 Å². The molecular weight excluding hydrogens is 1260 g/mol. The van der Waals surface area contributed by atoms with E-state index < -0.39 is 53.3 Å². The predicted molar refractivity (Wildman–Crippen MR) is 332 cm³/mol. The van der Waals surface area contributed by atoms with E-state index >= 15 is 0 Å². The average Bonchev–Trinajstić information content (AvgIpc) is 0.915. The molecule has 0 saturated carbocycles. The Morgan fingerprint density at radius 3 is 1.54 bits per heavy atom. The number of rotatable bonds is 13. The Morgan fingerprint density at radius 1 is 0.611 bits per heavy atom. The van der Waals surface area contributed by atoms with E-state index in [4.69, 9.17) is 43.0 Å². The number of hydrogen-bond donors (Lipinski definition) is 6. The largest absolute Gasteiger partial charge is 0.433 e. The molecule has 0 aliphatic carbocycles. The first kappa shape index (κ1) is 65.0. The number of amidine groups is 3. The van der Waals surface area contributed by atoms with E-state index in [2.05, 4.69) is 55.2 Å². The number of carbonyl (C=O) groups excluding carboxylic acids is 3. The van der Waals surface area contributed by atoms with Gasteiger partial charge in [0, 0.05) is 87.2 Å². The molecule has 21 nitrogen and oxygen atoms in total. The molecule has 3 saturated heterocycles. The van der Waals surface area contributed by atoms with Crippen molar-refractivity contribution in [1.29, 1.82) is 0 Å². The summed E-state index contributed by atoms with van der Waals surface area (Å²) in [5.74, 6) is -0.00142. The van der Waals surface area contributed by atoms with Crippen molar-refractivity contribution in [2.75, 3.05) is 66.2 Å². The molecule has 3 fully saturated rings. The number of fused-ring (bicyclic) bond motifs is 3. The normalized spacial score (nSPS) is 24.2. The van der Waals surface area contributed by atoms with Crippen LogP contribution in [0.15, 0.2) is 118 Å². The monoisotopic (exact) mass is 1320 g/mol. The summed E-state index contributed by atoms with van der Waals surface area (Å²) >= 11 is 6.01. The predicted octanol–water partition coefficient (Wildman–Crippen LogP) is 10.4. The molecule has 6 aliphatic rings. The molecule has 9 N–H and O–H groups in total. The third-order valence-corrected chi connectivity index (χ3v) is 19.5. The molecule has 0 unspecified atom stereocenters. The number of anilines is 3. The molecule has 90 heavy (non-hydrogen) atoms. The molecular formula is C59H57F6N13O8S4. The molecule has 3 amide bonds. The van der Waals surface area contributed by atoms with E-state index in [1.54, 1.807) is 35.2 Å². The van der Waals surface area contributed by atoms with Crippen LogP contribution in [-0.4, -0.2) is 118 Å². The lowest BCUT2D eigenvalue weighted by molar-refractivity contribution is -0.0507. The zero-order chi connectivity index (χ0) is 63.7. The number of hydrogen-bond acceptors (Lipinski definition) is 21. The number of thiophene rings is 1. The fourth-order valence-electron chi connectivity index (χ4n) is 11.0. The third-order valence-electron chi connectivity index (χ3n) is 15.5. The topological polar surface area (TPSA) is 292 Å². The first-order valence-corrected chi connectivity index (χ1v) is 31.6. The molecule has 6 aromatic rings. The highest BCUT2D eigenvalue weighted by Crippen LogP contribution is 2.50. The Morgan fingerprint density at radius 2 is 1.07 bits per heavy atom. The van der Waals surface area contributed by atoms with Gasteiger partial charge in [-0.1, -0.05) is 41.4 Å². The summed E-state index contributed by atoms with van der Waals surface area (Å²) in [4.78, 5) is 67.4. The van der Waals surface area contributed by atoms with Gasteiger partial charge in [-0.25, -0.2) is 38.6 Å². The van der Waals surface area contributed by atoms with Crippen molar-refractivity contribution >= 4 is 103 Å².